The van der Waals surface area contributed by atoms with Crippen molar-refractivity contribution in [2.45, 2.75) is 33.7 Å². The van der Waals surface area contributed by atoms with Crippen molar-refractivity contribution in [3.05, 3.63) is 24.0 Å². The van der Waals surface area contributed by atoms with Crippen LogP contribution in [0.3, 0.4) is 0 Å². The first-order valence-electron chi connectivity index (χ1n) is 6.82. The third-order valence-corrected chi connectivity index (χ3v) is 2.97. The van der Waals surface area contributed by atoms with Crippen molar-refractivity contribution in [1.29, 1.82) is 0 Å². The van der Waals surface area contributed by atoms with Gasteiger partial charge in [-0.15, -0.1) is 0 Å². The topological polar surface area (TPSA) is 71.3 Å². The number of aromatic nitrogens is 3. The molecule has 6 heteroatoms. The van der Waals surface area contributed by atoms with E-state index in [1.165, 1.54) is 6.33 Å². The molecule has 0 radical (unpaired) electrons. The molecule has 0 saturated carbocycles. The maximum atomic E-state index is 12.0. The minimum absolute atomic E-state index is 0.0199. The zero-order valence-electron chi connectivity index (χ0n) is 12.3. The molecule has 0 bridgehead atoms. The highest BCUT2D eigenvalue weighted by Crippen LogP contribution is 2.14. The van der Waals surface area contributed by atoms with E-state index in [1.54, 1.807) is 4.52 Å². The molecule has 0 fully saturated rings. The third-order valence-electron chi connectivity index (χ3n) is 2.97. The number of nitrogens with one attached hydrogen (secondary N) is 2. The van der Waals surface area contributed by atoms with Crippen LogP contribution in [-0.2, 0) is 4.79 Å². The molecule has 0 aliphatic rings. The van der Waals surface area contributed by atoms with Crippen LogP contribution in [0.5, 0.6) is 0 Å². The smallest absolute Gasteiger partial charge is 0.242 e. The Labute approximate surface area is 118 Å². The van der Waals surface area contributed by atoms with Crippen molar-refractivity contribution < 1.29 is 4.79 Å². The van der Waals surface area contributed by atoms with E-state index in [0.29, 0.717) is 12.5 Å². The van der Waals surface area contributed by atoms with Gasteiger partial charge in [0.05, 0.1) is 0 Å². The minimum Gasteiger partial charge on any atom is -0.359 e. The molecule has 20 heavy (non-hydrogen) atoms. The summed E-state index contributed by atoms with van der Waals surface area (Å²) in [6, 6.07) is 3.57. The Hall–Kier alpha value is -2.11. The molecule has 2 N–H and O–H groups in total. The summed E-state index contributed by atoms with van der Waals surface area (Å²) in [6.45, 7) is 8.64. The minimum atomic E-state index is -0.331. The number of carbonyl (C=O) groups excluding carboxylic acids is 1. The summed E-state index contributed by atoms with van der Waals surface area (Å²) in [7, 11) is 0. The highest BCUT2D eigenvalue weighted by Gasteiger charge is 2.14. The van der Waals surface area contributed by atoms with Gasteiger partial charge in [-0.3, -0.25) is 4.79 Å². The highest BCUT2D eigenvalue weighted by molar-refractivity contribution is 5.84. The van der Waals surface area contributed by atoms with Gasteiger partial charge in [-0.2, -0.15) is 9.61 Å². The molecule has 1 atom stereocenters. The van der Waals surface area contributed by atoms with Crippen LogP contribution < -0.4 is 10.6 Å². The third kappa shape index (κ3) is 3.26. The highest BCUT2D eigenvalue weighted by atomic mass is 16.2. The monoisotopic (exact) mass is 275 g/mol. The summed E-state index contributed by atoms with van der Waals surface area (Å²) >= 11 is 0. The van der Waals surface area contributed by atoms with E-state index in [4.69, 9.17) is 0 Å². The van der Waals surface area contributed by atoms with Gasteiger partial charge in [0, 0.05) is 6.54 Å². The van der Waals surface area contributed by atoms with E-state index in [9.17, 15) is 4.79 Å². The molecule has 0 spiro atoms. The van der Waals surface area contributed by atoms with Crippen LogP contribution in [0.4, 0.5) is 5.82 Å². The van der Waals surface area contributed by atoms with Crippen LogP contribution >= 0.6 is 0 Å². The van der Waals surface area contributed by atoms with Crippen LogP contribution in [0.2, 0.25) is 0 Å². The maximum Gasteiger partial charge on any atom is 0.242 e. The van der Waals surface area contributed by atoms with Crippen molar-refractivity contribution in [3.8, 4) is 0 Å². The van der Waals surface area contributed by atoms with E-state index in [1.807, 2.05) is 26.0 Å². The molecule has 6 nitrogen and oxygen atoms in total. The lowest BCUT2D eigenvalue weighted by molar-refractivity contribution is -0.121. The quantitative estimate of drug-likeness (QED) is 0.869. The molecule has 2 rings (SSSR count). The predicted molar refractivity (Wildman–Crippen MR) is 78.7 cm³/mol. The number of hydrogen-bond acceptors (Lipinski definition) is 4. The number of hydrogen-bond donors (Lipinski definition) is 2. The van der Waals surface area contributed by atoms with Gasteiger partial charge in [-0.05, 0) is 37.5 Å². The molecule has 2 heterocycles. The summed E-state index contributed by atoms with van der Waals surface area (Å²) in [6.07, 6.45) is 1.50. The number of rotatable bonds is 5. The second kappa shape index (κ2) is 5.90. The Morgan fingerprint density at radius 2 is 2.10 bits per heavy atom. The number of nitrogens with zero attached hydrogens (tertiary/aromatic N) is 3. The second-order valence-electron chi connectivity index (χ2n) is 5.45. The standard InChI is InChI=1S/C14H21N5O/c1-9(2)7-15-14(20)11(4)18-13-6-10(3)5-12-16-8-17-19(12)13/h5-6,8-9,11,18H,7H2,1-4H3,(H,15,20). The Morgan fingerprint density at radius 1 is 1.35 bits per heavy atom. The first-order valence-corrected chi connectivity index (χ1v) is 6.82. The molecular formula is C14H21N5O. The number of carbonyl (C=O) groups is 1. The summed E-state index contributed by atoms with van der Waals surface area (Å²) in [5.74, 6) is 1.19. The van der Waals surface area contributed by atoms with Crippen molar-refractivity contribution in [1.82, 2.24) is 19.9 Å². The number of anilines is 1. The van der Waals surface area contributed by atoms with Crippen LogP contribution in [0.25, 0.3) is 5.65 Å². The van der Waals surface area contributed by atoms with Gasteiger partial charge in [0.15, 0.2) is 5.65 Å². The predicted octanol–water partition coefficient (Wildman–Crippen LogP) is 1.61. The van der Waals surface area contributed by atoms with Crippen molar-refractivity contribution in [3.63, 3.8) is 0 Å². The normalized spacial score (nSPS) is 12.7. The van der Waals surface area contributed by atoms with Gasteiger partial charge in [0.25, 0.3) is 0 Å². The first kappa shape index (κ1) is 14.3. The van der Waals surface area contributed by atoms with Crippen LogP contribution in [-0.4, -0.2) is 33.1 Å². The largest absolute Gasteiger partial charge is 0.359 e. The van der Waals surface area contributed by atoms with Gasteiger partial charge in [-0.25, -0.2) is 4.98 Å². The van der Waals surface area contributed by atoms with Crippen molar-refractivity contribution in [2.75, 3.05) is 11.9 Å². The SMILES string of the molecule is Cc1cc(NC(C)C(=O)NCC(C)C)n2ncnc2c1. The lowest BCUT2D eigenvalue weighted by Crippen LogP contribution is -2.39. The maximum absolute atomic E-state index is 12.0. The van der Waals surface area contributed by atoms with E-state index in [0.717, 1.165) is 17.0 Å². The number of aryl methyl sites for hydroxylation is 1. The van der Waals surface area contributed by atoms with Crippen LogP contribution in [0.15, 0.2) is 18.5 Å². The number of amides is 1. The molecule has 0 aliphatic heterocycles. The average Bonchev–Trinajstić information content (AvgIpc) is 2.83. The Bertz CT molecular complexity index is 605. The van der Waals surface area contributed by atoms with E-state index in [2.05, 4.69) is 34.6 Å². The van der Waals surface area contributed by atoms with Gasteiger partial charge in [-0.1, -0.05) is 13.8 Å². The molecule has 2 aromatic rings. The number of fused-ring (bicyclic) bond motifs is 1. The molecule has 1 amide bonds. The van der Waals surface area contributed by atoms with Gasteiger partial charge < -0.3 is 10.6 Å². The molecule has 1 unspecified atom stereocenters. The summed E-state index contributed by atoms with van der Waals surface area (Å²) in [5.41, 5.74) is 1.84. The van der Waals surface area contributed by atoms with Gasteiger partial charge in [0.1, 0.15) is 18.2 Å². The molecule has 108 valence electrons. The molecule has 0 aromatic carbocycles. The second-order valence-corrected chi connectivity index (χ2v) is 5.45. The Kier molecular flexibility index (Phi) is 4.22. The van der Waals surface area contributed by atoms with Gasteiger partial charge in [0.2, 0.25) is 5.91 Å². The van der Waals surface area contributed by atoms with Gasteiger partial charge >= 0.3 is 0 Å². The summed E-state index contributed by atoms with van der Waals surface area (Å²) in [5, 5.41) is 10.3. The van der Waals surface area contributed by atoms with E-state index in [-0.39, 0.29) is 11.9 Å². The molecule has 0 saturated heterocycles. The zero-order chi connectivity index (χ0) is 14.7. The Morgan fingerprint density at radius 3 is 2.80 bits per heavy atom. The van der Waals surface area contributed by atoms with E-state index < -0.39 is 0 Å². The average molecular weight is 275 g/mol. The fraction of sp³-hybridized carbons (Fsp3) is 0.500. The first-order chi connectivity index (χ1) is 9.47. The summed E-state index contributed by atoms with van der Waals surface area (Å²) in [4.78, 5) is 16.2. The number of pyridine rings is 1. The zero-order valence-corrected chi connectivity index (χ0v) is 12.3. The van der Waals surface area contributed by atoms with Crippen molar-refractivity contribution in [2.24, 2.45) is 5.92 Å². The van der Waals surface area contributed by atoms with E-state index >= 15 is 0 Å². The lowest BCUT2D eigenvalue weighted by Gasteiger charge is -2.17. The molecule has 2 aromatic heterocycles. The summed E-state index contributed by atoms with van der Waals surface area (Å²) < 4.78 is 1.69. The lowest BCUT2D eigenvalue weighted by atomic mass is 10.2. The fourth-order valence-corrected chi connectivity index (χ4v) is 1.90. The van der Waals surface area contributed by atoms with Crippen LogP contribution in [0.1, 0.15) is 26.3 Å². The van der Waals surface area contributed by atoms with Crippen molar-refractivity contribution >= 4 is 17.4 Å². The fourth-order valence-electron chi connectivity index (χ4n) is 1.90. The molecular weight excluding hydrogens is 254 g/mol. The molecule has 0 aliphatic carbocycles. The Balaban J connectivity index is 2.11. The van der Waals surface area contributed by atoms with Crippen LogP contribution in [0, 0.1) is 12.8 Å².